The number of hydrogen-bond donors (Lipinski definition) is 1. The minimum absolute atomic E-state index is 0.559. The van der Waals surface area contributed by atoms with Crippen LogP contribution < -0.4 is 5.32 Å². The van der Waals surface area contributed by atoms with Gasteiger partial charge in [0.25, 0.3) is 0 Å². The molecule has 1 N–H and O–H groups in total. The Balaban J connectivity index is 2.06. The molecular weight excluding hydrogens is 174 g/mol. The minimum atomic E-state index is 0.559. The van der Waals surface area contributed by atoms with Gasteiger partial charge in [-0.3, -0.25) is 4.68 Å². The van der Waals surface area contributed by atoms with E-state index >= 15 is 0 Å². The smallest absolute Gasteiger partial charge is 0.0534 e. The van der Waals surface area contributed by atoms with Crippen molar-refractivity contribution < 1.29 is 0 Å². The van der Waals surface area contributed by atoms with Gasteiger partial charge in [-0.15, -0.1) is 6.58 Å². The Kier molecular flexibility index (Phi) is 5.00. The fourth-order valence-electron chi connectivity index (χ4n) is 1.33. The van der Waals surface area contributed by atoms with Crippen molar-refractivity contribution in [3.63, 3.8) is 0 Å². The molecule has 1 aromatic rings. The first kappa shape index (κ1) is 11.0. The molecule has 0 saturated carbocycles. The summed E-state index contributed by atoms with van der Waals surface area (Å²) in [5, 5.41) is 7.58. The van der Waals surface area contributed by atoms with Crippen LogP contribution in [0.3, 0.4) is 0 Å². The summed E-state index contributed by atoms with van der Waals surface area (Å²) < 4.78 is 1.94. The van der Waals surface area contributed by atoms with E-state index in [9.17, 15) is 0 Å². The molecule has 0 amide bonds. The number of hydrogen-bond acceptors (Lipinski definition) is 2. The van der Waals surface area contributed by atoms with Gasteiger partial charge >= 0.3 is 0 Å². The third kappa shape index (κ3) is 4.23. The van der Waals surface area contributed by atoms with Gasteiger partial charge in [-0.1, -0.05) is 6.08 Å². The summed E-state index contributed by atoms with van der Waals surface area (Å²) >= 11 is 0. The molecular formula is C11H19N3. The van der Waals surface area contributed by atoms with Gasteiger partial charge < -0.3 is 5.32 Å². The van der Waals surface area contributed by atoms with Crippen molar-refractivity contribution in [1.29, 1.82) is 0 Å². The van der Waals surface area contributed by atoms with Crippen LogP contribution in [-0.4, -0.2) is 22.4 Å². The molecule has 1 aromatic heterocycles. The van der Waals surface area contributed by atoms with E-state index in [1.807, 2.05) is 23.0 Å². The molecule has 1 unspecified atom stereocenters. The molecule has 1 atom stereocenters. The molecule has 0 aliphatic carbocycles. The second-order valence-electron chi connectivity index (χ2n) is 3.49. The zero-order valence-corrected chi connectivity index (χ0v) is 8.82. The van der Waals surface area contributed by atoms with Gasteiger partial charge in [-0.25, -0.2) is 0 Å². The van der Waals surface area contributed by atoms with Gasteiger partial charge in [0.05, 0.1) is 6.54 Å². The summed E-state index contributed by atoms with van der Waals surface area (Å²) in [7, 11) is 0. The second-order valence-corrected chi connectivity index (χ2v) is 3.49. The summed E-state index contributed by atoms with van der Waals surface area (Å²) in [6.45, 7) is 7.82. The Bertz CT molecular complexity index is 241. The summed E-state index contributed by atoms with van der Waals surface area (Å²) in [5.74, 6) is 0. The van der Waals surface area contributed by atoms with Crippen LogP contribution in [0.25, 0.3) is 0 Å². The summed E-state index contributed by atoms with van der Waals surface area (Å²) in [6, 6.07) is 2.50. The van der Waals surface area contributed by atoms with Gasteiger partial charge in [0, 0.05) is 25.0 Å². The van der Waals surface area contributed by atoms with Gasteiger partial charge in [0.1, 0.15) is 0 Å². The van der Waals surface area contributed by atoms with E-state index in [-0.39, 0.29) is 0 Å². The maximum absolute atomic E-state index is 4.14. The quantitative estimate of drug-likeness (QED) is 0.669. The molecule has 14 heavy (non-hydrogen) atoms. The highest BCUT2D eigenvalue weighted by molar-refractivity contribution is 4.78. The first-order valence-electron chi connectivity index (χ1n) is 5.14. The zero-order chi connectivity index (χ0) is 10.2. The van der Waals surface area contributed by atoms with Gasteiger partial charge in [0.15, 0.2) is 0 Å². The highest BCUT2D eigenvalue weighted by Crippen LogP contribution is 1.96. The molecule has 0 radical (unpaired) electrons. The van der Waals surface area contributed by atoms with Crippen molar-refractivity contribution >= 4 is 0 Å². The van der Waals surface area contributed by atoms with Crippen LogP contribution in [0.1, 0.15) is 19.8 Å². The molecule has 0 bridgehead atoms. The lowest BCUT2D eigenvalue weighted by Gasteiger charge is -2.12. The highest BCUT2D eigenvalue weighted by Gasteiger charge is 1.98. The predicted molar refractivity (Wildman–Crippen MR) is 59.1 cm³/mol. The average Bonchev–Trinajstić information content (AvgIpc) is 2.67. The van der Waals surface area contributed by atoms with Gasteiger partial charge in [-0.2, -0.15) is 5.10 Å². The molecule has 78 valence electrons. The normalized spacial score (nSPS) is 12.6. The van der Waals surface area contributed by atoms with E-state index in [1.54, 1.807) is 6.20 Å². The lowest BCUT2D eigenvalue weighted by atomic mass is 10.2. The second kappa shape index (κ2) is 6.38. The molecule has 0 spiro atoms. The van der Waals surface area contributed by atoms with Crippen LogP contribution in [0.15, 0.2) is 31.1 Å². The van der Waals surface area contributed by atoms with Crippen LogP contribution >= 0.6 is 0 Å². The zero-order valence-electron chi connectivity index (χ0n) is 8.82. The first-order valence-corrected chi connectivity index (χ1v) is 5.14. The lowest BCUT2D eigenvalue weighted by Crippen LogP contribution is -2.29. The first-order chi connectivity index (χ1) is 6.83. The van der Waals surface area contributed by atoms with Crippen LogP contribution in [-0.2, 0) is 6.54 Å². The fraction of sp³-hybridized carbons (Fsp3) is 0.545. The summed E-state index contributed by atoms with van der Waals surface area (Å²) in [5.41, 5.74) is 0. The van der Waals surface area contributed by atoms with Crippen LogP contribution in [0.5, 0.6) is 0 Å². The van der Waals surface area contributed by atoms with Crippen molar-refractivity contribution in [2.75, 3.05) is 6.54 Å². The Labute approximate surface area is 85.8 Å². The molecule has 1 heterocycles. The van der Waals surface area contributed by atoms with Crippen LogP contribution in [0.2, 0.25) is 0 Å². The molecule has 3 nitrogen and oxygen atoms in total. The third-order valence-corrected chi connectivity index (χ3v) is 2.20. The monoisotopic (exact) mass is 193 g/mol. The summed E-state index contributed by atoms with van der Waals surface area (Å²) in [6.07, 6.45) is 7.99. The SMILES string of the molecule is C=CCCC(C)NCCn1cccn1. The average molecular weight is 193 g/mol. The Morgan fingerprint density at radius 1 is 1.64 bits per heavy atom. The van der Waals surface area contributed by atoms with Crippen molar-refractivity contribution in [2.24, 2.45) is 0 Å². The lowest BCUT2D eigenvalue weighted by molar-refractivity contribution is 0.478. The molecule has 0 aromatic carbocycles. The standard InChI is InChI=1S/C11H19N3/c1-3-4-6-11(2)12-8-10-14-9-5-7-13-14/h3,5,7,9,11-12H,1,4,6,8,10H2,2H3. The number of aromatic nitrogens is 2. The van der Waals surface area contributed by atoms with Crippen molar-refractivity contribution in [2.45, 2.75) is 32.4 Å². The topological polar surface area (TPSA) is 29.9 Å². The van der Waals surface area contributed by atoms with E-state index in [0.717, 1.165) is 25.9 Å². The van der Waals surface area contributed by atoms with E-state index in [1.165, 1.54) is 0 Å². The van der Waals surface area contributed by atoms with Crippen molar-refractivity contribution in [3.05, 3.63) is 31.1 Å². The molecule has 0 saturated heterocycles. The predicted octanol–water partition coefficient (Wildman–Crippen LogP) is 1.83. The summed E-state index contributed by atoms with van der Waals surface area (Å²) in [4.78, 5) is 0. The van der Waals surface area contributed by atoms with Crippen LogP contribution in [0, 0.1) is 0 Å². The molecule has 0 aliphatic rings. The van der Waals surface area contributed by atoms with Gasteiger partial charge in [-0.05, 0) is 25.8 Å². The number of nitrogens with one attached hydrogen (secondary N) is 1. The Morgan fingerprint density at radius 3 is 3.14 bits per heavy atom. The third-order valence-electron chi connectivity index (χ3n) is 2.20. The number of nitrogens with zero attached hydrogens (tertiary/aromatic N) is 2. The van der Waals surface area contributed by atoms with E-state index in [2.05, 4.69) is 23.9 Å². The minimum Gasteiger partial charge on any atom is -0.312 e. The Morgan fingerprint density at radius 2 is 2.50 bits per heavy atom. The maximum atomic E-state index is 4.14. The van der Waals surface area contributed by atoms with E-state index in [0.29, 0.717) is 6.04 Å². The molecule has 0 fully saturated rings. The fourth-order valence-corrected chi connectivity index (χ4v) is 1.33. The van der Waals surface area contributed by atoms with Crippen LogP contribution in [0.4, 0.5) is 0 Å². The number of rotatable bonds is 7. The van der Waals surface area contributed by atoms with E-state index < -0.39 is 0 Å². The Hall–Kier alpha value is -1.09. The highest BCUT2D eigenvalue weighted by atomic mass is 15.3. The van der Waals surface area contributed by atoms with Crippen molar-refractivity contribution in [1.82, 2.24) is 15.1 Å². The molecule has 1 rings (SSSR count). The largest absolute Gasteiger partial charge is 0.312 e. The van der Waals surface area contributed by atoms with E-state index in [4.69, 9.17) is 0 Å². The van der Waals surface area contributed by atoms with Crippen molar-refractivity contribution in [3.8, 4) is 0 Å². The number of allylic oxidation sites excluding steroid dienone is 1. The van der Waals surface area contributed by atoms with Gasteiger partial charge in [0.2, 0.25) is 0 Å². The molecule has 0 aliphatic heterocycles. The molecule has 3 heteroatoms. The maximum Gasteiger partial charge on any atom is 0.0534 e.